The lowest BCUT2D eigenvalue weighted by atomic mass is 10.1. The number of amides is 2. The third kappa shape index (κ3) is 1.01. The molecule has 1 aromatic rings. The number of rotatable bonds is 2. The van der Waals surface area contributed by atoms with Gasteiger partial charge in [0.25, 0.3) is 11.8 Å². The molecule has 2 saturated carbocycles. The summed E-state index contributed by atoms with van der Waals surface area (Å²) in [5, 5.41) is 9.51. The van der Waals surface area contributed by atoms with Crippen LogP contribution in [-0.4, -0.2) is 33.3 Å². The molecule has 0 bridgehead atoms. The molecule has 0 radical (unpaired) electrons. The van der Waals surface area contributed by atoms with Crippen LogP contribution >= 0.6 is 0 Å². The first-order valence-corrected chi connectivity index (χ1v) is 6.25. The normalized spacial score (nSPS) is 29.6. The van der Waals surface area contributed by atoms with E-state index in [0.29, 0.717) is 17.5 Å². The molecule has 2 aliphatic carbocycles. The molecule has 5 nitrogen and oxygen atoms in total. The molecule has 0 unspecified atom stereocenters. The number of benzene rings is 1. The van der Waals surface area contributed by atoms with E-state index in [0.717, 1.165) is 17.7 Å². The second kappa shape index (κ2) is 2.87. The fourth-order valence-corrected chi connectivity index (χ4v) is 3.44. The molecule has 2 fully saturated rings. The van der Waals surface area contributed by atoms with Gasteiger partial charge in [-0.05, 0) is 31.4 Å². The lowest BCUT2D eigenvalue weighted by Gasteiger charge is -2.23. The topological polar surface area (TPSA) is 74.7 Å². The first-order valence-electron chi connectivity index (χ1n) is 6.25. The Morgan fingerprint density at radius 3 is 2.00 bits per heavy atom. The number of carboxylic acid groups (broad SMARTS) is 1. The summed E-state index contributed by atoms with van der Waals surface area (Å²) in [7, 11) is 0. The molecular formula is C14H11NO4. The van der Waals surface area contributed by atoms with Gasteiger partial charge in [0, 0.05) is 5.41 Å². The van der Waals surface area contributed by atoms with Crippen LogP contribution in [0.15, 0.2) is 24.3 Å². The summed E-state index contributed by atoms with van der Waals surface area (Å²) >= 11 is 0. The van der Waals surface area contributed by atoms with Gasteiger partial charge in [-0.2, -0.15) is 0 Å². The van der Waals surface area contributed by atoms with Crippen LogP contribution in [-0.2, 0) is 4.79 Å². The van der Waals surface area contributed by atoms with Crippen LogP contribution in [0.3, 0.4) is 0 Å². The van der Waals surface area contributed by atoms with Gasteiger partial charge in [0.05, 0.1) is 11.1 Å². The maximum absolute atomic E-state index is 12.4. The van der Waals surface area contributed by atoms with Gasteiger partial charge in [-0.15, -0.1) is 0 Å². The monoisotopic (exact) mass is 257 g/mol. The van der Waals surface area contributed by atoms with E-state index in [1.165, 1.54) is 0 Å². The average Bonchev–Trinajstić information content (AvgIpc) is 3.28. The lowest BCUT2D eigenvalue weighted by Crippen LogP contribution is -2.49. The Hall–Kier alpha value is -2.17. The molecule has 1 spiro atoms. The van der Waals surface area contributed by atoms with Crippen LogP contribution in [0, 0.1) is 5.41 Å². The highest BCUT2D eigenvalue weighted by Crippen LogP contribution is 2.76. The Morgan fingerprint density at radius 2 is 1.63 bits per heavy atom. The molecule has 19 heavy (non-hydrogen) atoms. The molecule has 3 aliphatic rings. The predicted octanol–water partition coefficient (Wildman–Crippen LogP) is 1.29. The van der Waals surface area contributed by atoms with E-state index < -0.39 is 23.3 Å². The zero-order valence-electron chi connectivity index (χ0n) is 10.0. The quantitative estimate of drug-likeness (QED) is 0.810. The average molecular weight is 257 g/mol. The minimum Gasteiger partial charge on any atom is -0.479 e. The predicted molar refractivity (Wildman–Crippen MR) is 63.6 cm³/mol. The molecular weight excluding hydrogens is 246 g/mol. The van der Waals surface area contributed by atoms with E-state index in [-0.39, 0.29) is 5.41 Å². The van der Waals surface area contributed by atoms with Crippen molar-refractivity contribution in [2.45, 2.75) is 24.8 Å². The van der Waals surface area contributed by atoms with E-state index in [4.69, 9.17) is 0 Å². The standard InChI is InChI=1S/C14H11NO4/c16-10-8-3-1-2-4-9(8)11(17)15(10)14(12(18)19)7-13(14)5-6-13/h1-4H,5-7H2,(H,18,19)/t14-/m1/s1. The maximum atomic E-state index is 12.4. The number of carbonyl (C=O) groups excluding carboxylic acids is 2. The molecule has 0 aromatic heterocycles. The van der Waals surface area contributed by atoms with Gasteiger partial charge in [0.2, 0.25) is 0 Å². The number of fused-ring (bicyclic) bond motifs is 1. The van der Waals surface area contributed by atoms with Crippen molar-refractivity contribution in [1.82, 2.24) is 4.90 Å². The summed E-state index contributed by atoms with van der Waals surface area (Å²) in [4.78, 5) is 37.3. The Balaban J connectivity index is 1.85. The molecule has 2 amide bonds. The Kier molecular flexibility index (Phi) is 1.62. The Morgan fingerprint density at radius 1 is 1.11 bits per heavy atom. The summed E-state index contributed by atoms with van der Waals surface area (Å²) < 4.78 is 0. The first-order chi connectivity index (χ1) is 9.03. The maximum Gasteiger partial charge on any atom is 0.330 e. The highest BCUT2D eigenvalue weighted by molar-refractivity contribution is 6.24. The van der Waals surface area contributed by atoms with Crippen molar-refractivity contribution in [3.05, 3.63) is 35.4 Å². The molecule has 1 atom stereocenters. The molecule has 1 aliphatic heterocycles. The van der Waals surface area contributed by atoms with Crippen LogP contribution in [0.1, 0.15) is 40.0 Å². The Labute approximate surface area is 108 Å². The van der Waals surface area contributed by atoms with Crippen molar-refractivity contribution in [1.29, 1.82) is 0 Å². The minimum atomic E-state index is -1.29. The summed E-state index contributed by atoms with van der Waals surface area (Å²) in [6, 6.07) is 6.52. The van der Waals surface area contributed by atoms with Gasteiger partial charge >= 0.3 is 5.97 Å². The van der Waals surface area contributed by atoms with Crippen molar-refractivity contribution in [3.8, 4) is 0 Å². The van der Waals surface area contributed by atoms with Gasteiger partial charge in [-0.3, -0.25) is 14.5 Å². The highest BCUT2D eigenvalue weighted by atomic mass is 16.4. The zero-order chi connectivity index (χ0) is 13.4. The fourth-order valence-electron chi connectivity index (χ4n) is 3.44. The van der Waals surface area contributed by atoms with Crippen LogP contribution in [0.4, 0.5) is 0 Å². The van der Waals surface area contributed by atoms with Gasteiger partial charge < -0.3 is 5.11 Å². The number of carboxylic acids is 1. The molecule has 1 aromatic carbocycles. The van der Waals surface area contributed by atoms with E-state index in [9.17, 15) is 19.5 Å². The molecule has 1 heterocycles. The summed E-state index contributed by atoms with van der Waals surface area (Å²) in [5.74, 6) is -1.99. The number of carbonyl (C=O) groups is 3. The van der Waals surface area contributed by atoms with Crippen molar-refractivity contribution in [2.75, 3.05) is 0 Å². The number of nitrogens with zero attached hydrogens (tertiary/aromatic N) is 1. The van der Waals surface area contributed by atoms with Gasteiger partial charge in [-0.1, -0.05) is 12.1 Å². The minimum absolute atomic E-state index is 0.316. The number of hydrogen-bond acceptors (Lipinski definition) is 3. The van der Waals surface area contributed by atoms with Crippen molar-refractivity contribution in [3.63, 3.8) is 0 Å². The zero-order valence-corrected chi connectivity index (χ0v) is 10.0. The highest BCUT2D eigenvalue weighted by Gasteiger charge is 2.83. The van der Waals surface area contributed by atoms with Crippen LogP contribution in [0.2, 0.25) is 0 Å². The summed E-state index contributed by atoms with van der Waals surface area (Å²) in [6.07, 6.45) is 1.97. The Bertz CT molecular complexity index is 626. The van der Waals surface area contributed by atoms with Crippen LogP contribution in [0.25, 0.3) is 0 Å². The fraction of sp³-hybridized carbons (Fsp3) is 0.357. The van der Waals surface area contributed by atoms with Crippen molar-refractivity contribution < 1.29 is 19.5 Å². The number of imide groups is 1. The number of aliphatic carboxylic acids is 1. The first kappa shape index (κ1) is 10.7. The molecule has 5 heteroatoms. The van der Waals surface area contributed by atoms with Crippen LogP contribution in [0.5, 0.6) is 0 Å². The third-order valence-corrected chi connectivity index (χ3v) is 4.73. The molecule has 96 valence electrons. The lowest BCUT2D eigenvalue weighted by molar-refractivity contribution is -0.144. The third-order valence-electron chi connectivity index (χ3n) is 4.73. The van der Waals surface area contributed by atoms with Crippen LogP contribution < -0.4 is 0 Å². The molecule has 1 N–H and O–H groups in total. The van der Waals surface area contributed by atoms with E-state index in [2.05, 4.69) is 0 Å². The second-order valence-corrected chi connectivity index (χ2v) is 5.61. The summed E-state index contributed by atoms with van der Waals surface area (Å²) in [5.41, 5.74) is -1.00. The van der Waals surface area contributed by atoms with Gasteiger partial charge in [-0.25, -0.2) is 4.79 Å². The molecule has 0 saturated heterocycles. The SMILES string of the molecule is O=C1c2ccccc2C(=O)N1[C@@]1(C(=O)O)CC12CC2. The van der Waals surface area contributed by atoms with E-state index in [1.807, 2.05) is 0 Å². The van der Waals surface area contributed by atoms with Crippen molar-refractivity contribution in [2.24, 2.45) is 5.41 Å². The van der Waals surface area contributed by atoms with E-state index in [1.54, 1.807) is 24.3 Å². The van der Waals surface area contributed by atoms with E-state index >= 15 is 0 Å². The number of hydrogen-bond donors (Lipinski definition) is 1. The molecule has 4 rings (SSSR count). The van der Waals surface area contributed by atoms with Gasteiger partial charge in [0.1, 0.15) is 0 Å². The largest absolute Gasteiger partial charge is 0.479 e. The summed E-state index contributed by atoms with van der Waals surface area (Å²) in [6.45, 7) is 0. The van der Waals surface area contributed by atoms with Crippen molar-refractivity contribution >= 4 is 17.8 Å². The van der Waals surface area contributed by atoms with Gasteiger partial charge in [0.15, 0.2) is 5.54 Å². The second-order valence-electron chi connectivity index (χ2n) is 5.61. The smallest absolute Gasteiger partial charge is 0.330 e.